The van der Waals surface area contributed by atoms with Gasteiger partial charge in [-0.15, -0.1) is 0 Å². The lowest BCUT2D eigenvalue weighted by Crippen LogP contribution is -2.43. The maximum absolute atomic E-state index is 11.8. The van der Waals surface area contributed by atoms with Crippen molar-refractivity contribution < 1.29 is 4.79 Å². The highest BCUT2D eigenvalue weighted by molar-refractivity contribution is 5.90. The quantitative estimate of drug-likeness (QED) is 0.804. The van der Waals surface area contributed by atoms with Gasteiger partial charge in [0.25, 0.3) is 0 Å². The van der Waals surface area contributed by atoms with E-state index in [1.165, 1.54) is 0 Å². The molecule has 1 rings (SSSR count). The van der Waals surface area contributed by atoms with Crippen LogP contribution in [0.25, 0.3) is 0 Å². The number of anilines is 1. The average Bonchev–Trinajstić information content (AvgIpc) is 2.14. The van der Waals surface area contributed by atoms with E-state index >= 15 is 0 Å². The number of hydrogen-bond acceptors (Lipinski definition) is 1. The molecular weight excluding hydrogens is 212 g/mol. The van der Waals surface area contributed by atoms with Crippen molar-refractivity contribution in [3.63, 3.8) is 0 Å². The molecule has 94 valence electrons. The second-order valence-electron chi connectivity index (χ2n) is 5.57. The second-order valence-corrected chi connectivity index (χ2v) is 5.57. The van der Waals surface area contributed by atoms with Crippen molar-refractivity contribution in [3.8, 4) is 0 Å². The van der Waals surface area contributed by atoms with Crippen molar-refractivity contribution in [2.45, 2.75) is 46.1 Å². The van der Waals surface area contributed by atoms with E-state index in [9.17, 15) is 4.79 Å². The number of benzene rings is 1. The molecule has 0 aliphatic heterocycles. The molecule has 1 aromatic carbocycles. The van der Waals surface area contributed by atoms with Crippen LogP contribution in [0, 0.1) is 0 Å². The van der Waals surface area contributed by atoms with Crippen LogP contribution in [0.4, 0.5) is 10.5 Å². The van der Waals surface area contributed by atoms with Gasteiger partial charge in [-0.25, -0.2) is 4.79 Å². The van der Waals surface area contributed by atoms with Crippen molar-refractivity contribution in [2.24, 2.45) is 0 Å². The number of rotatable bonds is 2. The fourth-order valence-corrected chi connectivity index (χ4v) is 1.61. The molecule has 3 heteroatoms. The summed E-state index contributed by atoms with van der Waals surface area (Å²) >= 11 is 0. The Kier molecular flexibility index (Phi) is 4.16. The van der Waals surface area contributed by atoms with E-state index in [2.05, 4.69) is 24.5 Å². The molecule has 0 radical (unpaired) electrons. The molecule has 0 heterocycles. The van der Waals surface area contributed by atoms with Crippen LogP contribution < -0.4 is 10.6 Å². The summed E-state index contributed by atoms with van der Waals surface area (Å²) in [5, 5.41) is 5.78. The second kappa shape index (κ2) is 5.21. The van der Waals surface area contributed by atoms with Crippen molar-refractivity contribution in [2.75, 3.05) is 5.32 Å². The normalized spacial score (nSPS) is 11.4. The number of urea groups is 1. The molecule has 1 aromatic rings. The summed E-state index contributed by atoms with van der Waals surface area (Å²) in [6.45, 7) is 10.1. The molecule has 0 aromatic heterocycles. The summed E-state index contributed by atoms with van der Waals surface area (Å²) in [6.07, 6.45) is 0. The molecule has 17 heavy (non-hydrogen) atoms. The third-order valence-corrected chi connectivity index (χ3v) is 2.32. The number of nitrogens with one attached hydrogen (secondary N) is 2. The minimum absolute atomic E-state index is 0.161. The van der Waals surface area contributed by atoms with Crippen LogP contribution in [0.2, 0.25) is 0 Å². The zero-order chi connectivity index (χ0) is 13.1. The van der Waals surface area contributed by atoms with Gasteiger partial charge in [0.2, 0.25) is 0 Å². The first-order valence-electron chi connectivity index (χ1n) is 5.97. The Bertz CT molecular complexity index is 391. The number of carbonyl (C=O) groups excluding carboxylic acids is 1. The van der Waals surface area contributed by atoms with E-state index in [0.29, 0.717) is 5.92 Å². The van der Waals surface area contributed by atoms with Gasteiger partial charge in [0, 0.05) is 11.2 Å². The summed E-state index contributed by atoms with van der Waals surface area (Å²) in [7, 11) is 0. The fourth-order valence-electron chi connectivity index (χ4n) is 1.61. The summed E-state index contributed by atoms with van der Waals surface area (Å²) in [4.78, 5) is 11.8. The summed E-state index contributed by atoms with van der Waals surface area (Å²) < 4.78 is 0. The number of hydrogen-bond donors (Lipinski definition) is 2. The SMILES string of the molecule is CC(C)c1ccccc1NC(=O)NC(C)(C)C. The number of amides is 2. The molecule has 0 saturated heterocycles. The average molecular weight is 234 g/mol. The van der Waals surface area contributed by atoms with E-state index in [1.807, 2.05) is 45.0 Å². The first-order valence-corrected chi connectivity index (χ1v) is 5.97. The van der Waals surface area contributed by atoms with Crippen molar-refractivity contribution in [1.82, 2.24) is 5.32 Å². The lowest BCUT2D eigenvalue weighted by atomic mass is 10.0. The van der Waals surface area contributed by atoms with Gasteiger partial charge < -0.3 is 10.6 Å². The van der Waals surface area contributed by atoms with Crippen molar-refractivity contribution in [3.05, 3.63) is 29.8 Å². The molecule has 0 atom stereocenters. The van der Waals surface area contributed by atoms with Crippen LogP contribution in [0.1, 0.15) is 46.1 Å². The molecule has 0 fully saturated rings. The van der Waals surface area contributed by atoms with Crippen molar-refractivity contribution >= 4 is 11.7 Å². The zero-order valence-electron chi connectivity index (χ0n) is 11.3. The Hall–Kier alpha value is -1.51. The van der Waals surface area contributed by atoms with Crippen LogP contribution in [0.3, 0.4) is 0 Å². The van der Waals surface area contributed by atoms with Gasteiger partial charge in [0.15, 0.2) is 0 Å². The largest absolute Gasteiger partial charge is 0.333 e. The number of carbonyl (C=O) groups is 1. The first-order chi connectivity index (χ1) is 7.79. The Morgan fingerprint density at radius 2 is 1.76 bits per heavy atom. The lowest BCUT2D eigenvalue weighted by molar-refractivity contribution is 0.244. The summed E-state index contributed by atoms with van der Waals surface area (Å²) in [5.74, 6) is 0.390. The van der Waals surface area contributed by atoms with Crippen LogP contribution in [-0.2, 0) is 0 Å². The predicted octanol–water partition coefficient (Wildman–Crippen LogP) is 3.73. The Morgan fingerprint density at radius 3 is 2.29 bits per heavy atom. The van der Waals surface area contributed by atoms with Gasteiger partial charge in [0.1, 0.15) is 0 Å². The molecule has 0 saturated carbocycles. The van der Waals surface area contributed by atoms with Gasteiger partial charge in [-0.05, 0) is 38.3 Å². The molecular formula is C14H22N2O. The Balaban J connectivity index is 2.78. The maximum atomic E-state index is 11.8. The van der Waals surface area contributed by atoms with Crippen LogP contribution in [-0.4, -0.2) is 11.6 Å². The third-order valence-electron chi connectivity index (χ3n) is 2.32. The van der Waals surface area contributed by atoms with E-state index in [1.54, 1.807) is 0 Å². The molecule has 3 nitrogen and oxygen atoms in total. The summed E-state index contributed by atoms with van der Waals surface area (Å²) in [5.41, 5.74) is 1.80. The smallest absolute Gasteiger partial charge is 0.319 e. The van der Waals surface area contributed by atoms with Crippen LogP contribution >= 0.6 is 0 Å². The third kappa shape index (κ3) is 4.47. The van der Waals surface area contributed by atoms with Crippen LogP contribution in [0.5, 0.6) is 0 Å². The molecule has 0 aliphatic carbocycles. The van der Waals surface area contributed by atoms with E-state index in [-0.39, 0.29) is 11.6 Å². The molecule has 2 N–H and O–H groups in total. The fraction of sp³-hybridized carbons (Fsp3) is 0.500. The maximum Gasteiger partial charge on any atom is 0.319 e. The summed E-state index contributed by atoms with van der Waals surface area (Å²) in [6, 6.07) is 7.72. The topological polar surface area (TPSA) is 41.1 Å². The Labute approximate surface area is 104 Å². The standard InChI is InChI=1S/C14H22N2O/c1-10(2)11-8-6-7-9-12(11)15-13(17)16-14(3,4)5/h6-10H,1-5H3,(H2,15,16,17). The van der Waals surface area contributed by atoms with Gasteiger partial charge in [-0.3, -0.25) is 0 Å². The highest BCUT2D eigenvalue weighted by atomic mass is 16.2. The highest BCUT2D eigenvalue weighted by Crippen LogP contribution is 2.23. The van der Waals surface area contributed by atoms with Gasteiger partial charge in [-0.1, -0.05) is 32.0 Å². The van der Waals surface area contributed by atoms with Gasteiger partial charge in [-0.2, -0.15) is 0 Å². The minimum atomic E-state index is -0.225. The van der Waals surface area contributed by atoms with E-state index in [4.69, 9.17) is 0 Å². The minimum Gasteiger partial charge on any atom is -0.333 e. The zero-order valence-corrected chi connectivity index (χ0v) is 11.3. The Morgan fingerprint density at radius 1 is 1.18 bits per heavy atom. The first kappa shape index (κ1) is 13.6. The molecule has 0 unspecified atom stereocenters. The molecule has 2 amide bonds. The van der Waals surface area contributed by atoms with Crippen LogP contribution in [0.15, 0.2) is 24.3 Å². The monoisotopic (exact) mass is 234 g/mol. The van der Waals surface area contributed by atoms with Gasteiger partial charge >= 0.3 is 6.03 Å². The van der Waals surface area contributed by atoms with E-state index in [0.717, 1.165) is 11.3 Å². The molecule has 0 spiro atoms. The number of para-hydroxylation sites is 1. The lowest BCUT2D eigenvalue weighted by Gasteiger charge is -2.22. The van der Waals surface area contributed by atoms with Crippen molar-refractivity contribution in [1.29, 1.82) is 0 Å². The van der Waals surface area contributed by atoms with E-state index < -0.39 is 0 Å². The highest BCUT2D eigenvalue weighted by Gasteiger charge is 2.15. The van der Waals surface area contributed by atoms with Gasteiger partial charge in [0.05, 0.1) is 0 Å². The predicted molar refractivity (Wildman–Crippen MR) is 72.4 cm³/mol. The molecule has 0 aliphatic rings. The molecule has 0 bridgehead atoms.